The van der Waals surface area contributed by atoms with Crippen LogP contribution in [-0.2, 0) is 13.0 Å². The number of hydrogen-bond acceptors (Lipinski definition) is 5. The number of pyridine rings is 1. The summed E-state index contributed by atoms with van der Waals surface area (Å²) < 4.78 is 0. The second kappa shape index (κ2) is 7.43. The third-order valence-corrected chi connectivity index (χ3v) is 2.80. The summed E-state index contributed by atoms with van der Waals surface area (Å²) in [6.45, 7) is 5.75. The topological polar surface area (TPSA) is 62.7 Å². The van der Waals surface area contributed by atoms with Gasteiger partial charge in [-0.1, -0.05) is 13.0 Å². The van der Waals surface area contributed by atoms with E-state index in [0.29, 0.717) is 6.54 Å². The van der Waals surface area contributed by atoms with E-state index in [4.69, 9.17) is 0 Å². The van der Waals surface area contributed by atoms with Crippen LogP contribution in [0.2, 0.25) is 0 Å². The summed E-state index contributed by atoms with van der Waals surface area (Å²) in [7, 11) is 0. The third-order valence-electron chi connectivity index (χ3n) is 2.80. The van der Waals surface area contributed by atoms with Crippen molar-refractivity contribution in [2.45, 2.75) is 33.2 Å². The average Bonchev–Trinajstić information content (AvgIpc) is 2.47. The van der Waals surface area contributed by atoms with Crippen LogP contribution >= 0.6 is 0 Å². The Hall–Kier alpha value is -2.17. The van der Waals surface area contributed by atoms with Gasteiger partial charge in [-0.2, -0.15) is 0 Å². The maximum absolute atomic E-state index is 4.54. The monoisotopic (exact) mass is 271 g/mol. The zero-order valence-corrected chi connectivity index (χ0v) is 12.1. The van der Waals surface area contributed by atoms with Gasteiger partial charge < -0.3 is 10.6 Å². The lowest BCUT2D eigenvalue weighted by Gasteiger charge is -2.10. The number of aromatic nitrogens is 3. The molecule has 2 aromatic heterocycles. The Morgan fingerprint density at radius 1 is 1.10 bits per heavy atom. The van der Waals surface area contributed by atoms with Gasteiger partial charge in [-0.05, 0) is 25.0 Å². The molecule has 0 bridgehead atoms. The summed E-state index contributed by atoms with van der Waals surface area (Å²) in [5.41, 5.74) is 1.13. The molecule has 0 fully saturated rings. The van der Waals surface area contributed by atoms with Crippen LogP contribution in [0.1, 0.15) is 31.7 Å². The van der Waals surface area contributed by atoms with Crippen molar-refractivity contribution in [2.75, 3.05) is 17.2 Å². The van der Waals surface area contributed by atoms with Crippen LogP contribution in [-0.4, -0.2) is 21.5 Å². The summed E-state index contributed by atoms with van der Waals surface area (Å²) in [4.78, 5) is 13.1. The zero-order chi connectivity index (χ0) is 14.2. The lowest BCUT2D eigenvalue weighted by atomic mass is 10.3. The first kappa shape index (κ1) is 14.2. The predicted octanol–water partition coefficient (Wildman–Crippen LogP) is 2.87. The van der Waals surface area contributed by atoms with E-state index in [0.717, 1.165) is 42.4 Å². The quantitative estimate of drug-likeness (QED) is 0.810. The Morgan fingerprint density at radius 3 is 2.55 bits per heavy atom. The van der Waals surface area contributed by atoms with E-state index in [-0.39, 0.29) is 0 Å². The molecule has 0 unspecified atom stereocenters. The molecule has 20 heavy (non-hydrogen) atoms. The van der Waals surface area contributed by atoms with E-state index in [1.54, 1.807) is 6.20 Å². The summed E-state index contributed by atoms with van der Waals surface area (Å²) in [6.07, 6.45) is 5.56. The molecule has 2 N–H and O–H groups in total. The second-order valence-electron chi connectivity index (χ2n) is 4.55. The highest BCUT2D eigenvalue weighted by Gasteiger charge is 2.04. The smallest absolute Gasteiger partial charge is 0.133 e. The molecule has 0 amide bonds. The maximum atomic E-state index is 4.54. The average molecular weight is 271 g/mol. The zero-order valence-electron chi connectivity index (χ0n) is 12.1. The van der Waals surface area contributed by atoms with Gasteiger partial charge in [0.25, 0.3) is 0 Å². The van der Waals surface area contributed by atoms with Crippen molar-refractivity contribution in [3.05, 3.63) is 42.0 Å². The molecular formula is C15H21N5. The molecule has 2 rings (SSSR count). The molecule has 0 aliphatic rings. The van der Waals surface area contributed by atoms with Gasteiger partial charge in [0.15, 0.2) is 0 Å². The second-order valence-corrected chi connectivity index (χ2v) is 4.55. The van der Waals surface area contributed by atoms with E-state index in [2.05, 4.69) is 39.4 Å². The largest absolute Gasteiger partial charge is 0.370 e. The van der Waals surface area contributed by atoms with Gasteiger partial charge in [-0.3, -0.25) is 4.98 Å². The van der Waals surface area contributed by atoms with Crippen molar-refractivity contribution in [1.29, 1.82) is 0 Å². The molecular weight excluding hydrogens is 250 g/mol. The molecule has 0 aliphatic carbocycles. The Labute approximate surface area is 119 Å². The fourth-order valence-corrected chi connectivity index (χ4v) is 1.89. The van der Waals surface area contributed by atoms with Crippen LogP contribution in [0.4, 0.5) is 11.6 Å². The minimum Gasteiger partial charge on any atom is -0.370 e. The molecule has 106 valence electrons. The lowest BCUT2D eigenvalue weighted by Crippen LogP contribution is -2.08. The van der Waals surface area contributed by atoms with Gasteiger partial charge in [-0.15, -0.1) is 0 Å². The van der Waals surface area contributed by atoms with Crippen molar-refractivity contribution >= 4 is 11.6 Å². The van der Waals surface area contributed by atoms with Crippen LogP contribution in [0.25, 0.3) is 0 Å². The first-order valence-corrected chi connectivity index (χ1v) is 7.06. The van der Waals surface area contributed by atoms with Gasteiger partial charge in [0, 0.05) is 38.0 Å². The van der Waals surface area contributed by atoms with E-state index in [1.807, 2.05) is 24.4 Å². The minimum absolute atomic E-state index is 0.710. The van der Waals surface area contributed by atoms with Gasteiger partial charge in [0.2, 0.25) is 0 Å². The highest BCUT2D eigenvalue weighted by molar-refractivity contribution is 5.47. The fourth-order valence-electron chi connectivity index (χ4n) is 1.89. The van der Waals surface area contributed by atoms with Crippen LogP contribution in [0, 0.1) is 0 Å². The molecule has 0 aliphatic heterocycles. The number of rotatable bonds is 7. The van der Waals surface area contributed by atoms with Gasteiger partial charge in [0.05, 0.1) is 0 Å². The first-order chi connectivity index (χ1) is 9.81. The maximum Gasteiger partial charge on any atom is 0.133 e. The van der Waals surface area contributed by atoms with Crippen LogP contribution in [0.5, 0.6) is 0 Å². The van der Waals surface area contributed by atoms with Crippen molar-refractivity contribution < 1.29 is 0 Å². The molecule has 0 saturated carbocycles. The molecule has 0 atom stereocenters. The van der Waals surface area contributed by atoms with E-state index in [9.17, 15) is 0 Å². The lowest BCUT2D eigenvalue weighted by molar-refractivity contribution is 0.833. The van der Waals surface area contributed by atoms with Crippen LogP contribution in [0.15, 0.2) is 30.6 Å². The Balaban J connectivity index is 2.09. The SMILES string of the molecule is CCCc1nc(NCC)cc(NCc2cccnc2)n1. The summed E-state index contributed by atoms with van der Waals surface area (Å²) >= 11 is 0. The van der Waals surface area contributed by atoms with Crippen molar-refractivity contribution in [3.8, 4) is 0 Å². The van der Waals surface area contributed by atoms with Crippen molar-refractivity contribution in [2.24, 2.45) is 0 Å². The van der Waals surface area contributed by atoms with E-state index >= 15 is 0 Å². The molecule has 2 aromatic rings. The third kappa shape index (κ3) is 4.19. The number of anilines is 2. The standard InChI is InChI=1S/C15H21N5/c1-3-6-13-19-14(17-4-2)9-15(20-13)18-11-12-7-5-8-16-10-12/h5,7-10H,3-4,6,11H2,1-2H3,(H2,17,18,19,20). The fraction of sp³-hybridized carbons (Fsp3) is 0.400. The summed E-state index contributed by atoms with van der Waals surface area (Å²) in [6, 6.07) is 5.92. The predicted molar refractivity (Wildman–Crippen MR) is 81.8 cm³/mol. The van der Waals surface area contributed by atoms with Gasteiger partial charge >= 0.3 is 0 Å². The molecule has 2 heterocycles. The molecule has 0 spiro atoms. The number of aryl methyl sites for hydroxylation is 1. The molecule has 0 aromatic carbocycles. The highest BCUT2D eigenvalue weighted by Crippen LogP contribution is 2.13. The number of hydrogen-bond donors (Lipinski definition) is 2. The molecule has 5 heteroatoms. The molecule has 0 saturated heterocycles. The van der Waals surface area contributed by atoms with Crippen LogP contribution in [0.3, 0.4) is 0 Å². The molecule has 0 radical (unpaired) electrons. The highest BCUT2D eigenvalue weighted by atomic mass is 15.1. The summed E-state index contributed by atoms with van der Waals surface area (Å²) in [5.74, 6) is 2.60. The summed E-state index contributed by atoms with van der Waals surface area (Å²) in [5, 5.41) is 6.57. The Kier molecular flexibility index (Phi) is 5.29. The number of nitrogens with one attached hydrogen (secondary N) is 2. The van der Waals surface area contributed by atoms with Gasteiger partial charge in [0.1, 0.15) is 17.5 Å². The Bertz CT molecular complexity index is 503. The molecule has 5 nitrogen and oxygen atoms in total. The first-order valence-electron chi connectivity index (χ1n) is 7.06. The normalized spacial score (nSPS) is 10.3. The minimum atomic E-state index is 0.710. The Morgan fingerprint density at radius 2 is 1.90 bits per heavy atom. The number of nitrogens with zero attached hydrogens (tertiary/aromatic N) is 3. The van der Waals surface area contributed by atoms with E-state index in [1.165, 1.54) is 0 Å². The van der Waals surface area contributed by atoms with Crippen molar-refractivity contribution in [3.63, 3.8) is 0 Å². The van der Waals surface area contributed by atoms with E-state index < -0.39 is 0 Å². The van der Waals surface area contributed by atoms with Crippen molar-refractivity contribution in [1.82, 2.24) is 15.0 Å². The van der Waals surface area contributed by atoms with Gasteiger partial charge in [-0.25, -0.2) is 9.97 Å². The van der Waals surface area contributed by atoms with Crippen LogP contribution < -0.4 is 10.6 Å².